The molecule has 2 aliphatic rings. The van der Waals surface area contributed by atoms with Gasteiger partial charge in [0, 0.05) is 30.5 Å². The Balaban J connectivity index is 1.78. The Hall–Kier alpha value is -1.22. The van der Waals surface area contributed by atoms with Gasteiger partial charge in [0.25, 0.3) is 0 Å². The predicted octanol–water partition coefficient (Wildman–Crippen LogP) is 3.96. The molecule has 3 rings (SSSR count). The Labute approximate surface area is 127 Å². The van der Waals surface area contributed by atoms with E-state index in [2.05, 4.69) is 11.9 Å². The molecule has 2 heterocycles. The third-order valence-corrected chi connectivity index (χ3v) is 5.18. The van der Waals surface area contributed by atoms with Crippen LogP contribution in [0.5, 0.6) is 0 Å². The Morgan fingerprint density at radius 1 is 1.38 bits per heavy atom. The second-order valence-corrected chi connectivity index (χ2v) is 6.53. The van der Waals surface area contributed by atoms with Crippen LogP contribution in [0.25, 0.3) is 0 Å². The number of pyridine rings is 1. The first-order valence-electron chi connectivity index (χ1n) is 8.35. The zero-order valence-corrected chi connectivity index (χ0v) is 12.9. The molecule has 1 atom stereocenters. The van der Waals surface area contributed by atoms with Crippen molar-refractivity contribution in [2.24, 2.45) is 5.92 Å². The monoisotopic (exact) mass is 287 g/mol. The molecule has 0 amide bonds. The highest BCUT2D eigenvalue weighted by molar-refractivity contribution is 5.99. The van der Waals surface area contributed by atoms with Crippen LogP contribution in [0.4, 0.5) is 0 Å². The third kappa shape index (κ3) is 3.03. The minimum Gasteiger partial charge on any atom is -0.375 e. The van der Waals surface area contributed by atoms with E-state index in [-0.39, 0.29) is 11.5 Å². The molecule has 0 bridgehead atoms. The summed E-state index contributed by atoms with van der Waals surface area (Å²) in [4.78, 5) is 17.1. The minimum absolute atomic E-state index is 0.00374. The fourth-order valence-electron chi connectivity index (χ4n) is 3.97. The van der Waals surface area contributed by atoms with E-state index in [1.165, 1.54) is 19.3 Å². The summed E-state index contributed by atoms with van der Waals surface area (Å²) in [6.45, 7) is 2.82. The molecule has 3 nitrogen and oxygen atoms in total. The zero-order valence-electron chi connectivity index (χ0n) is 12.9. The highest BCUT2D eigenvalue weighted by atomic mass is 16.5. The standard InChI is InChI=1S/C18H25NO2/c1-2-14-13-19-10-6-16(14)17(20)15-7-11-21-18(12-15)8-4-3-5-9-18/h6,10,13,15H,2-5,7-9,11-12H2,1H3. The topological polar surface area (TPSA) is 39.2 Å². The fraction of sp³-hybridized carbons (Fsp3) is 0.667. The van der Waals surface area contributed by atoms with Crippen molar-refractivity contribution in [3.05, 3.63) is 29.6 Å². The van der Waals surface area contributed by atoms with Gasteiger partial charge in [0.05, 0.1) is 5.60 Å². The molecule has 21 heavy (non-hydrogen) atoms. The van der Waals surface area contributed by atoms with Crippen molar-refractivity contribution in [1.82, 2.24) is 4.98 Å². The van der Waals surface area contributed by atoms with Crippen LogP contribution in [0.2, 0.25) is 0 Å². The maximum atomic E-state index is 12.9. The molecule has 2 fully saturated rings. The molecule has 1 aromatic rings. The summed E-state index contributed by atoms with van der Waals surface area (Å²) in [5.41, 5.74) is 1.95. The lowest BCUT2D eigenvalue weighted by Crippen LogP contribution is -2.43. The molecule has 0 radical (unpaired) electrons. The van der Waals surface area contributed by atoms with E-state index in [1.807, 2.05) is 12.3 Å². The molecule has 1 aliphatic heterocycles. The normalized spacial score (nSPS) is 24.9. The van der Waals surface area contributed by atoms with Crippen LogP contribution in [0.15, 0.2) is 18.5 Å². The van der Waals surface area contributed by atoms with Crippen LogP contribution in [0, 0.1) is 5.92 Å². The first-order chi connectivity index (χ1) is 10.2. The number of ether oxygens (including phenoxy) is 1. The summed E-state index contributed by atoms with van der Waals surface area (Å²) in [5.74, 6) is 0.437. The summed E-state index contributed by atoms with van der Waals surface area (Å²) in [6.07, 6.45) is 12.3. The number of ketones is 1. The van der Waals surface area contributed by atoms with Crippen molar-refractivity contribution in [2.45, 2.75) is 63.9 Å². The highest BCUT2D eigenvalue weighted by Crippen LogP contribution is 2.41. The fourth-order valence-corrected chi connectivity index (χ4v) is 3.97. The first-order valence-corrected chi connectivity index (χ1v) is 8.35. The van der Waals surface area contributed by atoms with Gasteiger partial charge in [0.2, 0.25) is 0 Å². The summed E-state index contributed by atoms with van der Waals surface area (Å²) in [5, 5.41) is 0. The van der Waals surface area contributed by atoms with Crippen LogP contribution in [0.1, 0.15) is 67.8 Å². The van der Waals surface area contributed by atoms with E-state index in [9.17, 15) is 4.79 Å². The van der Waals surface area contributed by atoms with Crippen LogP contribution in [-0.4, -0.2) is 23.0 Å². The van der Waals surface area contributed by atoms with E-state index in [0.717, 1.165) is 49.8 Å². The maximum absolute atomic E-state index is 12.9. The quantitative estimate of drug-likeness (QED) is 0.790. The average Bonchev–Trinajstić information content (AvgIpc) is 2.55. The number of hydrogen-bond donors (Lipinski definition) is 0. The Bertz CT molecular complexity index is 500. The molecular formula is C18H25NO2. The van der Waals surface area contributed by atoms with Crippen molar-refractivity contribution in [2.75, 3.05) is 6.61 Å². The molecule has 1 spiro atoms. The lowest BCUT2D eigenvalue weighted by molar-refractivity contribution is -0.111. The van der Waals surface area contributed by atoms with E-state index in [0.29, 0.717) is 5.78 Å². The van der Waals surface area contributed by atoms with Gasteiger partial charge in [-0.25, -0.2) is 0 Å². The second kappa shape index (κ2) is 6.27. The van der Waals surface area contributed by atoms with Gasteiger partial charge in [-0.2, -0.15) is 0 Å². The molecule has 1 aliphatic carbocycles. The SMILES string of the molecule is CCc1cnccc1C(=O)C1CCOC2(CCCCC2)C1. The molecule has 1 saturated carbocycles. The van der Waals surface area contributed by atoms with E-state index >= 15 is 0 Å². The van der Waals surface area contributed by atoms with Gasteiger partial charge >= 0.3 is 0 Å². The van der Waals surface area contributed by atoms with Gasteiger partial charge in [0.1, 0.15) is 0 Å². The molecule has 1 aromatic heterocycles. The zero-order chi connectivity index (χ0) is 14.7. The first kappa shape index (κ1) is 14.7. The largest absolute Gasteiger partial charge is 0.375 e. The molecule has 1 saturated heterocycles. The van der Waals surface area contributed by atoms with Gasteiger partial charge in [0.15, 0.2) is 5.78 Å². The molecule has 3 heteroatoms. The van der Waals surface area contributed by atoms with Gasteiger partial charge in [-0.15, -0.1) is 0 Å². The van der Waals surface area contributed by atoms with Crippen molar-refractivity contribution >= 4 is 5.78 Å². The van der Waals surface area contributed by atoms with Crippen molar-refractivity contribution in [3.8, 4) is 0 Å². The lowest BCUT2D eigenvalue weighted by Gasteiger charge is -2.43. The van der Waals surface area contributed by atoms with E-state index in [4.69, 9.17) is 4.74 Å². The van der Waals surface area contributed by atoms with Crippen molar-refractivity contribution in [3.63, 3.8) is 0 Å². The van der Waals surface area contributed by atoms with Crippen LogP contribution in [0.3, 0.4) is 0 Å². The molecule has 0 N–H and O–H groups in total. The second-order valence-electron chi connectivity index (χ2n) is 6.53. The van der Waals surface area contributed by atoms with E-state index in [1.54, 1.807) is 6.20 Å². The molecule has 0 aromatic carbocycles. The summed E-state index contributed by atoms with van der Waals surface area (Å²) in [6, 6.07) is 1.89. The smallest absolute Gasteiger partial charge is 0.166 e. The predicted molar refractivity (Wildman–Crippen MR) is 82.4 cm³/mol. The van der Waals surface area contributed by atoms with Crippen LogP contribution >= 0.6 is 0 Å². The van der Waals surface area contributed by atoms with E-state index < -0.39 is 0 Å². The Morgan fingerprint density at radius 2 is 2.19 bits per heavy atom. The highest BCUT2D eigenvalue weighted by Gasteiger charge is 2.40. The molecular weight excluding hydrogens is 262 g/mol. The number of nitrogens with zero attached hydrogens (tertiary/aromatic N) is 1. The lowest BCUT2D eigenvalue weighted by atomic mass is 9.74. The molecule has 1 unspecified atom stereocenters. The number of carbonyl (C=O) groups excluding carboxylic acids is 1. The number of aromatic nitrogens is 1. The third-order valence-electron chi connectivity index (χ3n) is 5.18. The minimum atomic E-state index is -0.00374. The Morgan fingerprint density at radius 3 is 2.95 bits per heavy atom. The number of rotatable bonds is 3. The van der Waals surface area contributed by atoms with Crippen LogP contribution < -0.4 is 0 Å². The van der Waals surface area contributed by atoms with Crippen molar-refractivity contribution in [1.29, 1.82) is 0 Å². The number of Topliss-reactive ketones (excluding diaryl/α,β-unsaturated/α-hetero) is 1. The van der Waals surface area contributed by atoms with Gasteiger partial charge < -0.3 is 4.74 Å². The number of aryl methyl sites for hydroxylation is 1. The average molecular weight is 287 g/mol. The summed E-state index contributed by atoms with van der Waals surface area (Å²) in [7, 11) is 0. The number of carbonyl (C=O) groups is 1. The van der Waals surface area contributed by atoms with Crippen molar-refractivity contribution < 1.29 is 9.53 Å². The Kier molecular flexibility index (Phi) is 4.39. The van der Waals surface area contributed by atoms with Gasteiger partial charge in [-0.1, -0.05) is 26.2 Å². The van der Waals surface area contributed by atoms with Gasteiger partial charge in [-0.3, -0.25) is 9.78 Å². The van der Waals surface area contributed by atoms with Crippen LogP contribution in [-0.2, 0) is 11.2 Å². The summed E-state index contributed by atoms with van der Waals surface area (Å²) >= 11 is 0. The number of hydrogen-bond acceptors (Lipinski definition) is 3. The van der Waals surface area contributed by atoms with Gasteiger partial charge in [-0.05, 0) is 43.7 Å². The summed E-state index contributed by atoms with van der Waals surface area (Å²) < 4.78 is 6.11. The maximum Gasteiger partial charge on any atom is 0.166 e. The molecule has 114 valence electrons.